The summed E-state index contributed by atoms with van der Waals surface area (Å²) in [7, 11) is 0. The predicted molar refractivity (Wildman–Crippen MR) is 114 cm³/mol. The average molecular weight is 390 g/mol. The first-order valence-corrected chi connectivity index (χ1v) is 10.2. The van der Waals surface area contributed by atoms with Crippen molar-refractivity contribution < 1.29 is 4.79 Å². The Hall–Kier alpha value is -3.15. The minimum atomic E-state index is 0.0352. The van der Waals surface area contributed by atoms with Crippen molar-refractivity contribution in [1.29, 1.82) is 0 Å². The average Bonchev–Trinajstić information content (AvgIpc) is 3.29. The lowest BCUT2D eigenvalue weighted by atomic mass is 9.99. The summed E-state index contributed by atoms with van der Waals surface area (Å²) in [6.45, 7) is 6.01. The number of carbonyl (C=O) groups is 1. The first-order valence-electron chi connectivity index (χ1n) is 10.2. The number of piperidine rings is 1. The number of hydrogen-bond donors (Lipinski definition) is 1. The number of pyridine rings is 1. The first-order chi connectivity index (χ1) is 14.1. The van der Waals surface area contributed by atoms with Crippen LogP contribution in [0.5, 0.6) is 0 Å². The summed E-state index contributed by atoms with van der Waals surface area (Å²) in [6.07, 6.45) is 7.54. The fourth-order valence-corrected chi connectivity index (χ4v) is 3.77. The normalized spacial score (nSPS) is 15.9. The van der Waals surface area contributed by atoms with E-state index in [2.05, 4.69) is 41.4 Å². The molecule has 0 saturated carbocycles. The molecule has 0 bridgehead atoms. The van der Waals surface area contributed by atoms with Crippen LogP contribution in [0.3, 0.4) is 0 Å². The molecule has 29 heavy (non-hydrogen) atoms. The zero-order valence-electron chi connectivity index (χ0n) is 17.0. The monoisotopic (exact) mass is 389 g/mol. The van der Waals surface area contributed by atoms with Gasteiger partial charge in [0, 0.05) is 31.7 Å². The Morgan fingerprint density at radius 2 is 1.93 bits per heavy atom. The van der Waals surface area contributed by atoms with Gasteiger partial charge in [0.15, 0.2) is 0 Å². The lowest BCUT2D eigenvalue weighted by Gasteiger charge is -2.30. The number of para-hydroxylation sites is 1. The highest BCUT2D eigenvalue weighted by Gasteiger charge is 2.21. The number of nitrogens with one attached hydrogen (secondary N) is 1. The minimum absolute atomic E-state index is 0.0352. The van der Waals surface area contributed by atoms with Crippen LogP contribution in [0, 0.1) is 5.92 Å². The van der Waals surface area contributed by atoms with E-state index >= 15 is 0 Å². The molecule has 1 atom stereocenters. The molecule has 6 nitrogen and oxygen atoms in total. The number of benzene rings is 1. The van der Waals surface area contributed by atoms with Gasteiger partial charge in [0.1, 0.15) is 5.82 Å². The second kappa shape index (κ2) is 8.47. The van der Waals surface area contributed by atoms with Crippen molar-refractivity contribution in [3.05, 3.63) is 72.2 Å². The Kier molecular flexibility index (Phi) is 5.60. The van der Waals surface area contributed by atoms with Gasteiger partial charge in [0.2, 0.25) is 0 Å². The second-order valence-electron chi connectivity index (χ2n) is 7.78. The molecule has 0 aliphatic carbocycles. The Morgan fingerprint density at radius 3 is 2.62 bits per heavy atom. The number of carbonyl (C=O) groups excluding carboxylic acids is 1. The Balaban J connectivity index is 1.45. The number of amides is 1. The zero-order chi connectivity index (χ0) is 20.2. The van der Waals surface area contributed by atoms with E-state index in [1.54, 1.807) is 12.4 Å². The molecule has 1 aliphatic rings. The Bertz CT molecular complexity index is 944. The maximum absolute atomic E-state index is 12.7. The number of likely N-dealkylation sites (tertiary alicyclic amines) is 1. The Labute approximate surface area is 171 Å². The highest BCUT2D eigenvalue weighted by atomic mass is 16.2. The standard InChI is InChI=1S/C23H27N5O/c1-17-10-14-27(15-11-17)23(29)19-8-9-22(24-16-19)26-18(2)20-6-3-4-7-21(20)28-13-5-12-25-28/h3-9,12-13,16-18H,10-11,14-15H2,1-2H3,(H,24,26). The molecule has 1 aliphatic heterocycles. The van der Waals surface area contributed by atoms with E-state index in [0.29, 0.717) is 11.5 Å². The molecule has 0 radical (unpaired) electrons. The van der Waals surface area contributed by atoms with Gasteiger partial charge in [-0.25, -0.2) is 9.67 Å². The van der Waals surface area contributed by atoms with Crippen molar-refractivity contribution >= 4 is 11.7 Å². The van der Waals surface area contributed by atoms with Crippen LogP contribution in [0.25, 0.3) is 5.69 Å². The quantitative estimate of drug-likeness (QED) is 0.706. The van der Waals surface area contributed by atoms with Crippen LogP contribution in [-0.2, 0) is 0 Å². The van der Waals surface area contributed by atoms with Crippen molar-refractivity contribution in [3.63, 3.8) is 0 Å². The molecule has 4 rings (SSSR count). The number of nitrogens with zero attached hydrogens (tertiary/aromatic N) is 4. The van der Waals surface area contributed by atoms with Crippen LogP contribution in [0.15, 0.2) is 61.1 Å². The smallest absolute Gasteiger partial charge is 0.255 e. The summed E-state index contributed by atoms with van der Waals surface area (Å²) >= 11 is 0. The van der Waals surface area contributed by atoms with Crippen LogP contribution in [0.4, 0.5) is 5.82 Å². The number of rotatable bonds is 5. The fourth-order valence-electron chi connectivity index (χ4n) is 3.77. The molecule has 3 aromatic rings. The number of anilines is 1. The highest BCUT2D eigenvalue weighted by Crippen LogP contribution is 2.24. The molecule has 1 fully saturated rings. The Morgan fingerprint density at radius 1 is 1.14 bits per heavy atom. The molecule has 150 valence electrons. The maximum Gasteiger partial charge on any atom is 0.255 e. The minimum Gasteiger partial charge on any atom is -0.363 e. The number of aromatic nitrogens is 3. The molecular formula is C23H27N5O. The van der Waals surface area contributed by atoms with Gasteiger partial charge in [-0.3, -0.25) is 4.79 Å². The molecular weight excluding hydrogens is 362 g/mol. The summed E-state index contributed by atoms with van der Waals surface area (Å²) in [5, 5.41) is 7.78. The van der Waals surface area contributed by atoms with E-state index in [1.807, 2.05) is 46.1 Å². The van der Waals surface area contributed by atoms with Gasteiger partial charge in [-0.15, -0.1) is 0 Å². The van der Waals surface area contributed by atoms with E-state index < -0.39 is 0 Å². The third-order valence-corrected chi connectivity index (χ3v) is 5.60. The largest absolute Gasteiger partial charge is 0.363 e. The molecule has 1 aromatic carbocycles. The van der Waals surface area contributed by atoms with Crippen molar-refractivity contribution in [1.82, 2.24) is 19.7 Å². The van der Waals surface area contributed by atoms with Crippen LogP contribution < -0.4 is 5.32 Å². The summed E-state index contributed by atoms with van der Waals surface area (Å²) in [5.41, 5.74) is 2.80. The lowest BCUT2D eigenvalue weighted by Crippen LogP contribution is -2.37. The highest BCUT2D eigenvalue weighted by molar-refractivity contribution is 5.94. The van der Waals surface area contributed by atoms with E-state index in [9.17, 15) is 4.79 Å². The molecule has 2 aromatic heterocycles. The van der Waals surface area contributed by atoms with E-state index in [0.717, 1.165) is 43.0 Å². The van der Waals surface area contributed by atoms with Crippen molar-refractivity contribution in [3.8, 4) is 5.69 Å². The molecule has 3 heterocycles. The van der Waals surface area contributed by atoms with Crippen molar-refractivity contribution in [2.24, 2.45) is 5.92 Å². The van der Waals surface area contributed by atoms with Crippen LogP contribution in [0.2, 0.25) is 0 Å². The van der Waals surface area contributed by atoms with Gasteiger partial charge in [-0.2, -0.15) is 5.10 Å². The van der Waals surface area contributed by atoms with Crippen LogP contribution in [0.1, 0.15) is 48.7 Å². The maximum atomic E-state index is 12.7. The fraction of sp³-hybridized carbons (Fsp3) is 0.348. The van der Waals surface area contributed by atoms with Gasteiger partial charge in [-0.1, -0.05) is 25.1 Å². The van der Waals surface area contributed by atoms with Crippen molar-refractivity contribution in [2.45, 2.75) is 32.7 Å². The van der Waals surface area contributed by atoms with Crippen LogP contribution >= 0.6 is 0 Å². The van der Waals surface area contributed by atoms with E-state index in [4.69, 9.17) is 0 Å². The van der Waals surface area contributed by atoms with Gasteiger partial charge in [0.05, 0.1) is 17.3 Å². The van der Waals surface area contributed by atoms with Gasteiger partial charge in [-0.05, 0) is 55.5 Å². The summed E-state index contributed by atoms with van der Waals surface area (Å²) in [4.78, 5) is 19.1. The third-order valence-electron chi connectivity index (χ3n) is 5.60. The summed E-state index contributed by atoms with van der Waals surface area (Å²) in [5.74, 6) is 1.53. The van der Waals surface area contributed by atoms with Crippen LogP contribution in [-0.4, -0.2) is 38.7 Å². The first kappa shape index (κ1) is 19.2. The molecule has 0 spiro atoms. The topological polar surface area (TPSA) is 63.1 Å². The van der Waals surface area contributed by atoms with Gasteiger partial charge >= 0.3 is 0 Å². The molecule has 6 heteroatoms. The summed E-state index contributed by atoms with van der Waals surface area (Å²) in [6, 6.07) is 13.9. The molecule has 1 unspecified atom stereocenters. The number of hydrogen-bond acceptors (Lipinski definition) is 4. The SMILES string of the molecule is CC1CCN(C(=O)c2ccc(NC(C)c3ccccc3-n3cccn3)nc2)CC1. The third kappa shape index (κ3) is 4.31. The second-order valence-corrected chi connectivity index (χ2v) is 7.78. The molecule has 1 N–H and O–H groups in total. The van der Waals surface area contributed by atoms with Crippen molar-refractivity contribution in [2.75, 3.05) is 18.4 Å². The van der Waals surface area contributed by atoms with Gasteiger partial charge in [0.25, 0.3) is 5.91 Å². The summed E-state index contributed by atoms with van der Waals surface area (Å²) < 4.78 is 1.86. The lowest BCUT2D eigenvalue weighted by molar-refractivity contribution is 0.0697. The van der Waals surface area contributed by atoms with E-state index in [1.165, 1.54) is 0 Å². The zero-order valence-corrected chi connectivity index (χ0v) is 17.0. The van der Waals surface area contributed by atoms with Gasteiger partial charge < -0.3 is 10.2 Å². The van der Waals surface area contributed by atoms with E-state index in [-0.39, 0.29) is 11.9 Å². The predicted octanol–water partition coefficient (Wildman–Crippen LogP) is 4.31. The molecule has 1 amide bonds. The molecule has 1 saturated heterocycles.